The molecule has 98 valence electrons. The van der Waals surface area contributed by atoms with Gasteiger partial charge in [-0.15, -0.1) is 0 Å². The molecule has 0 radical (unpaired) electrons. The molecule has 1 rings (SSSR count). The quantitative estimate of drug-likeness (QED) is 0.467. The Labute approximate surface area is 126 Å². The number of carbonyl (C=O) groups excluding carboxylic acids is 1. The van der Waals surface area contributed by atoms with Crippen molar-refractivity contribution < 1.29 is 9.53 Å². The molecule has 4 nitrogen and oxygen atoms in total. The highest BCUT2D eigenvalue weighted by Crippen LogP contribution is 2.31. The maximum atomic E-state index is 12.2. The Hall–Kier alpha value is -1.60. The molecule has 0 aliphatic heterocycles. The van der Waals surface area contributed by atoms with E-state index in [1.54, 1.807) is 26.0 Å². The van der Waals surface area contributed by atoms with E-state index in [1.165, 1.54) is 0 Å². The lowest BCUT2D eigenvalue weighted by Gasteiger charge is -2.25. The van der Waals surface area contributed by atoms with Crippen LogP contribution >= 0.6 is 22.6 Å². The molecule has 0 fully saturated rings. The molecule has 19 heavy (non-hydrogen) atoms. The van der Waals surface area contributed by atoms with Crippen molar-refractivity contribution >= 4 is 28.6 Å². The molecule has 5 heteroatoms. The maximum absolute atomic E-state index is 12.2. The first-order chi connectivity index (χ1) is 9.00. The average molecular weight is 368 g/mol. The zero-order valence-electron chi connectivity index (χ0n) is 10.7. The third-order valence-electron chi connectivity index (χ3n) is 2.94. The molecule has 0 aliphatic rings. The number of esters is 1. The van der Waals surface area contributed by atoms with Crippen LogP contribution in [0.3, 0.4) is 0 Å². The summed E-state index contributed by atoms with van der Waals surface area (Å²) in [5, 5.41) is 9.12. The Morgan fingerprint density at radius 3 is 2.58 bits per heavy atom. The van der Waals surface area contributed by atoms with Crippen molar-refractivity contribution in [2.24, 2.45) is 0 Å². The van der Waals surface area contributed by atoms with Gasteiger partial charge >= 0.3 is 12.0 Å². The van der Waals surface area contributed by atoms with Crippen molar-refractivity contribution in [2.75, 3.05) is 6.61 Å². The zero-order valence-corrected chi connectivity index (χ0v) is 12.8. The highest BCUT2D eigenvalue weighted by Gasteiger charge is 2.49. The third kappa shape index (κ3) is 3.05. The van der Waals surface area contributed by atoms with Gasteiger partial charge < -0.3 is 4.74 Å². The molecule has 2 atom stereocenters. The number of nitrogens with zero attached hydrogens (tertiary/aromatic N) is 2. The van der Waals surface area contributed by atoms with E-state index in [1.807, 2.05) is 18.2 Å². The van der Waals surface area contributed by atoms with Gasteiger partial charge in [-0.1, -0.05) is 12.1 Å². The van der Waals surface area contributed by atoms with Crippen LogP contribution in [0.1, 0.15) is 19.4 Å². The molecule has 0 saturated heterocycles. The number of rotatable bonds is 4. The predicted octanol–water partition coefficient (Wildman–Crippen LogP) is 2.92. The largest absolute Gasteiger partial charge is 0.465 e. The molecule has 2 unspecified atom stereocenters. The number of carbonyl (C=O) groups is 1. The molecular formula is C14H13IN2O2. The van der Waals surface area contributed by atoms with Crippen molar-refractivity contribution in [2.45, 2.75) is 25.3 Å². The minimum Gasteiger partial charge on any atom is -0.465 e. The fourth-order valence-corrected chi connectivity index (χ4v) is 2.11. The Bertz CT molecular complexity index is 528. The van der Waals surface area contributed by atoms with Crippen molar-refractivity contribution in [3.8, 4) is 6.07 Å². The van der Waals surface area contributed by atoms with Crippen LogP contribution in [-0.4, -0.2) is 18.6 Å². The third-order valence-corrected chi connectivity index (χ3v) is 3.66. The summed E-state index contributed by atoms with van der Waals surface area (Å²) < 4.78 is 6.06. The number of nitriles is 1. The van der Waals surface area contributed by atoms with Crippen molar-refractivity contribution in [1.29, 1.82) is 5.26 Å². The molecular weight excluding hydrogens is 355 g/mol. The number of benzene rings is 1. The summed E-state index contributed by atoms with van der Waals surface area (Å²) in [5.74, 6) is -0.543. The number of halogens is 1. The smallest absolute Gasteiger partial charge is 0.326 e. The predicted molar refractivity (Wildman–Crippen MR) is 79.1 cm³/mol. The van der Waals surface area contributed by atoms with Crippen molar-refractivity contribution in [3.63, 3.8) is 0 Å². The molecule has 0 bridgehead atoms. The van der Waals surface area contributed by atoms with Gasteiger partial charge in [0.25, 0.3) is 0 Å². The van der Waals surface area contributed by atoms with E-state index in [0.717, 1.165) is 3.57 Å². The van der Waals surface area contributed by atoms with Crippen molar-refractivity contribution in [1.82, 2.24) is 0 Å². The van der Waals surface area contributed by atoms with E-state index in [9.17, 15) is 4.79 Å². The van der Waals surface area contributed by atoms with Gasteiger partial charge in [0.05, 0.1) is 6.61 Å². The standard InChI is InChI=1S/C14H13IN2O2/c1-4-19-13(18)14(2,12(9-16)17-3)10-5-7-11(15)8-6-10/h5-8,12H,4H2,1-2H3. The van der Waals surface area contributed by atoms with Gasteiger partial charge in [-0.3, -0.25) is 9.64 Å². The summed E-state index contributed by atoms with van der Waals surface area (Å²) in [6.07, 6.45) is 0. The van der Waals surface area contributed by atoms with E-state index < -0.39 is 17.4 Å². The molecule has 0 spiro atoms. The monoisotopic (exact) mass is 368 g/mol. The fourth-order valence-electron chi connectivity index (χ4n) is 1.75. The second-order valence-electron chi connectivity index (χ2n) is 4.09. The Morgan fingerprint density at radius 2 is 2.16 bits per heavy atom. The van der Waals surface area contributed by atoms with Crippen LogP contribution in [-0.2, 0) is 14.9 Å². The van der Waals surface area contributed by atoms with Crippen LogP contribution in [0.5, 0.6) is 0 Å². The van der Waals surface area contributed by atoms with Crippen LogP contribution in [0.25, 0.3) is 4.85 Å². The summed E-state index contributed by atoms with van der Waals surface area (Å²) >= 11 is 2.15. The first kappa shape index (κ1) is 15.5. The molecule has 0 N–H and O–H groups in total. The number of ether oxygens (including phenoxy) is 1. The minimum atomic E-state index is -1.27. The van der Waals surface area contributed by atoms with Crippen LogP contribution in [0.15, 0.2) is 24.3 Å². The van der Waals surface area contributed by atoms with E-state index in [4.69, 9.17) is 16.6 Å². The summed E-state index contributed by atoms with van der Waals surface area (Å²) in [6.45, 7) is 10.6. The van der Waals surface area contributed by atoms with E-state index >= 15 is 0 Å². The van der Waals surface area contributed by atoms with Gasteiger partial charge in [-0.25, -0.2) is 6.57 Å². The van der Waals surface area contributed by atoms with Gasteiger partial charge in [0.2, 0.25) is 0 Å². The molecule has 0 amide bonds. The van der Waals surface area contributed by atoms with Crippen LogP contribution < -0.4 is 0 Å². The molecule has 0 saturated carbocycles. The molecule has 1 aromatic rings. The number of hydrogen-bond donors (Lipinski definition) is 0. The summed E-state index contributed by atoms with van der Waals surface area (Å²) in [4.78, 5) is 15.5. The highest BCUT2D eigenvalue weighted by atomic mass is 127. The van der Waals surface area contributed by atoms with Crippen molar-refractivity contribution in [3.05, 3.63) is 44.8 Å². The summed E-state index contributed by atoms with van der Waals surface area (Å²) in [7, 11) is 0. The number of hydrogen-bond acceptors (Lipinski definition) is 3. The first-order valence-corrected chi connectivity index (χ1v) is 6.78. The van der Waals surface area contributed by atoms with Crippen LogP contribution in [0, 0.1) is 21.5 Å². The SMILES string of the molecule is [C-]#[N+]C(C#N)C(C)(C(=O)OCC)c1ccc(I)cc1. The lowest BCUT2D eigenvalue weighted by molar-refractivity contribution is -0.149. The molecule has 0 heterocycles. The minimum absolute atomic E-state index is 0.217. The Kier molecular flexibility index (Phi) is 5.31. The van der Waals surface area contributed by atoms with Crippen LogP contribution in [0.2, 0.25) is 0 Å². The molecule has 0 aliphatic carbocycles. The summed E-state index contributed by atoms with van der Waals surface area (Å²) in [6, 6.07) is 7.98. The topological polar surface area (TPSA) is 54.5 Å². The Balaban J connectivity index is 3.35. The van der Waals surface area contributed by atoms with Gasteiger partial charge in [-0.2, -0.15) is 5.26 Å². The lowest BCUT2D eigenvalue weighted by atomic mass is 9.76. The van der Waals surface area contributed by atoms with E-state index in [2.05, 4.69) is 27.4 Å². The fraction of sp³-hybridized carbons (Fsp3) is 0.357. The lowest BCUT2D eigenvalue weighted by Crippen LogP contribution is -2.43. The Morgan fingerprint density at radius 1 is 1.58 bits per heavy atom. The second kappa shape index (κ2) is 6.53. The van der Waals surface area contributed by atoms with E-state index in [0.29, 0.717) is 5.56 Å². The van der Waals surface area contributed by atoms with E-state index in [-0.39, 0.29) is 6.61 Å². The van der Waals surface area contributed by atoms with Gasteiger partial charge in [-0.05, 0) is 54.1 Å². The average Bonchev–Trinajstić information content (AvgIpc) is 2.40. The molecule has 0 aromatic heterocycles. The second-order valence-corrected chi connectivity index (χ2v) is 5.34. The molecule has 1 aromatic carbocycles. The normalized spacial score (nSPS) is 14.6. The van der Waals surface area contributed by atoms with Gasteiger partial charge in [0.15, 0.2) is 11.5 Å². The van der Waals surface area contributed by atoms with Gasteiger partial charge in [0, 0.05) is 3.57 Å². The maximum Gasteiger partial charge on any atom is 0.326 e. The summed E-state index contributed by atoms with van der Waals surface area (Å²) in [5.41, 5.74) is -0.648. The van der Waals surface area contributed by atoms with Crippen LogP contribution in [0.4, 0.5) is 0 Å². The van der Waals surface area contributed by atoms with Gasteiger partial charge in [0.1, 0.15) is 0 Å². The highest BCUT2D eigenvalue weighted by molar-refractivity contribution is 14.1. The first-order valence-electron chi connectivity index (χ1n) is 5.70. The zero-order chi connectivity index (χ0) is 14.5.